The maximum atomic E-state index is 13.6. The van der Waals surface area contributed by atoms with Crippen LogP contribution in [0.1, 0.15) is 77.3 Å². The van der Waals surface area contributed by atoms with Crippen LogP contribution in [-0.4, -0.2) is 35.4 Å². The van der Waals surface area contributed by atoms with Gasteiger partial charge in [0.1, 0.15) is 11.8 Å². The Morgan fingerprint density at radius 2 is 1.78 bits per heavy atom. The summed E-state index contributed by atoms with van der Waals surface area (Å²) in [6.45, 7) is 8.25. The zero-order valence-corrected chi connectivity index (χ0v) is 23.3. The summed E-state index contributed by atoms with van der Waals surface area (Å²) in [4.78, 5) is 28.6. The Morgan fingerprint density at radius 3 is 2.42 bits per heavy atom. The van der Waals surface area contributed by atoms with Crippen molar-refractivity contribution in [1.29, 1.82) is 0 Å². The van der Waals surface area contributed by atoms with E-state index in [-0.39, 0.29) is 36.4 Å². The van der Waals surface area contributed by atoms with Gasteiger partial charge in [0.05, 0.1) is 0 Å². The summed E-state index contributed by atoms with van der Waals surface area (Å²) in [6, 6.07) is 12.5. The van der Waals surface area contributed by atoms with E-state index in [1.165, 1.54) is 6.42 Å². The van der Waals surface area contributed by atoms with Crippen molar-refractivity contribution >= 4 is 35.0 Å². The number of ether oxygens (including phenoxy) is 1. The normalized spacial score (nSPS) is 15.3. The number of carbonyl (C=O) groups excluding carboxylic acids is 2. The van der Waals surface area contributed by atoms with Crippen molar-refractivity contribution in [2.45, 2.75) is 90.3 Å². The minimum atomic E-state index is -0.632. The van der Waals surface area contributed by atoms with Gasteiger partial charge in [-0.05, 0) is 54.0 Å². The molecule has 2 aromatic carbocycles. The average Bonchev–Trinajstić information content (AvgIpc) is 2.84. The molecule has 0 aromatic heterocycles. The number of hydrogen-bond donors (Lipinski definition) is 1. The summed E-state index contributed by atoms with van der Waals surface area (Å²) in [5.74, 6) is 0.274. The predicted molar refractivity (Wildman–Crippen MR) is 147 cm³/mol. The highest BCUT2D eigenvalue weighted by molar-refractivity contribution is 6.35. The molecule has 0 saturated heterocycles. The third kappa shape index (κ3) is 7.63. The zero-order valence-electron chi connectivity index (χ0n) is 21.8. The predicted octanol–water partition coefficient (Wildman–Crippen LogP) is 6.93. The molecule has 0 heterocycles. The van der Waals surface area contributed by atoms with E-state index in [1.54, 1.807) is 23.1 Å². The molecule has 1 aliphatic rings. The van der Waals surface area contributed by atoms with E-state index in [2.05, 4.69) is 26.1 Å². The van der Waals surface area contributed by atoms with E-state index in [0.717, 1.165) is 36.8 Å². The van der Waals surface area contributed by atoms with Crippen molar-refractivity contribution in [2.24, 2.45) is 0 Å². The number of benzene rings is 2. The number of carbonyl (C=O) groups is 2. The Balaban J connectivity index is 1.83. The van der Waals surface area contributed by atoms with Gasteiger partial charge >= 0.3 is 0 Å². The molecule has 0 spiro atoms. The molecule has 1 saturated carbocycles. The van der Waals surface area contributed by atoms with Crippen LogP contribution in [0.25, 0.3) is 0 Å². The molecule has 7 heteroatoms. The van der Waals surface area contributed by atoms with Gasteiger partial charge < -0.3 is 15.0 Å². The number of nitrogens with zero attached hydrogens (tertiary/aromatic N) is 1. The lowest BCUT2D eigenvalue weighted by Gasteiger charge is -2.33. The molecule has 1 aliphatic carbocycles. The van der Waals surface area contributed by atoms with E-state index < -0.39 is 6.04 Å². The zero-order chi connectivity index (χ0) is 26.3. The summed E-state index contributed by atoms with van der Waals surface area (Å²) in [5, 5.41) is 4.17. The largest absolute Gasteiger partial charge is 0.483 e. The van der Waals surface area contributed by atoms with Crippen LogP contribution in [-0.2, 0) is 21.5 Å². The molecule has 2 amide bonds. The molecule has 5 nitrogen and oxygen atoms in total. The molecular formula is C29H38Cl2N2O3. The first-order chi connectivity index (χ1) is 17.1. The van der Waals surface area contributed by atoms with Crippen molar-refractivity contribution < 1.29 is 14.3 Å². The molecule has 0 radical (unpaired) electrons. The molecule has 196 valence electrons. The third-order valence-electron chi connectivity index (χ3n) is 6.74. The van der Waals surface area contributed by atoms with E-state index in [9.17, 15) is 9.59 Å². The monoisotopic (exact) mass is 532 g/mol. The van der Waals surface area contributed by atoms with Crippen molar-refractivity contribution in [3.8, 4) is 5.75 Å². The lowest BCUT2D eigenvalue weighted by molar-refractivity contribution is -0.143. The Morgan fingerprint density at radius 1 is 1.08 bits per heavy atom. The average molecular weight is 534 g/mol. The SMILES string of the molecule is CC[C@@H](C(=O)NC1CCCCC1)N(Cc1ccc(Cl)cc1Cl)C(=O)COc1ccccc1C(C)(C)C. The number of para-hydroxylation sites is 1. The number of hydrogen-bond acceptors (Lipinski definition) is 3. The lowest BCUT2D eigenvalue weighted by atomic mass is 9.86. The van der Waals surface area contributed by atoms with Crippen molar-refractivity contribution in [3.63, 3.8) is 0 Å². The van der Waals surface area contributed by atoms with Crippen molar-refractivity contribution in [2.75, 3.05) is 6.61 Å². The third-order valence-corrected chi connectivity index (χ3v) is 7.33. The molecule has 0 unspecified atom stereocenters. The molecule has 0 bridgehead atoms. The van der Waals surface area contributed by atoms with Crippen LogP contribution < -0.4 is 10.1 Å². The van der Waals surface area contributed by atoms with Crippen LogP contribution in [0.5, 0.6) is 5.75 Å². The minimum absolute atomic E-state index is 0.127. The van der Waals surface area contributed by atoms with E-state index in [0.29, 0.717) is 22.2 Å². The lowest BCUT2D eigenvalue weighted by Crippen LogP contribution is -2.52. The highest BCUT2D eigenvalue weighted by Crippen LogP contribution is 2.31. The standard InChI is InChI=1S/C29H38Cl2N2O3/c1-5-25(28(35)32-22-11-7-6-8-12-22)33(18-20-15-16-21(30)17-24(20)31)27(34)19-36-26-14-10-9-13-23(26)29(2,3)4/h9-10,13-17,22,25H,5-8,11-12,18-19H2,1-4H3,(H,32,35)/t25-/m0/s1. The van der Waals surface area contributed by atoms with Gasteiger partial charge in [0.25, 0.3) is 5.91 Å². The second-order valence-corrected chi connectivity index (χ2v) is 11.4. The van der Waals surface area contributed by atoms with E-state index in [4.69, 9.17) is 27.9 Å². The Bertz CT molecular complexity index is 1050. The number of halogens is 2. The van der Waals surface area contributed by atoms with Crippen LogP contribution >= 0.6 is 23.2 Å². The minimum Gasteiger partial charge on any atom is -0.483 e. The molecule has 3 rings (SSSR count). The fourth-order valence-corrected chi connectivity index (χ4v) is 5.20. The summed E-state index contributed by atoms with van der Waals surface area (Å²) >= 11 is 12.5. The van der Waals surface area contributed by atoms with Gasteiger partial charge in [0, 0.05) is 22.6 Å². The molecule has 0 aliphatic heterocycles. The fraction of sp³-hybridized carbons (Fsp3) is 0.517. The van der Waals surface area contributed by atoms with Crippen molar-refractivity contribution in [1.82, 2.24) is 10.2 Å². The summed E-state index contributed by atoms with van der Waals surface area (Å²) in [7, 11) is 0. The molecular weight excluding hydrogens is 495 g/mol. The molecule has 36 heavy (non-hydrogen) atoms. The summed E-state index contributed by atoms with van der Waals surface area (Å²) < 4.78 is 6.04. The molecule has 2 aromatic rings. The van der Waals surface area contributed by atoms with Crippen LogP contribution in [0.15, 0.2) is 42.5 Å². The summed E-state index contributed by atoms with van der Waals surface area (Å²) in [5.41, 5.74) is 1.61. The van der Waals surface area contributed by atoms with Gasteiger partial charge in [-0.3, -0.25) is 9.59 Å². The Labute approximate surface area is 225 Å². The number of amides is 2. The molecule has 1 fully saturated rings. The van der Waals surface area contributed by atoms with Crippen LogP contribution in [0.2, 0.25) is 10.0 Å². The topological polar surface area (TPSA) is 58.6 Å². The smallest absolute Gasteiger partial charge is 0.261 e. The number of nitrogens with one attached hydrogen (secondary N) is 1. The first-order valence-electron chi connectivity index (χ1n) is 12.9. The maximum Gasteiger partial charge on any atom is 0.261 e. The van der Waals surface area contributed by atoms with E-state index in [1.807, 2.05) is 31.2 Å². The van der Waals surface area contributed by atoms with Crippen LogP contribution in [0.3, 0.4) is 0 Å². The van der Waals surface area contributed by atoms with Gasteiger partial charge in [-0.1, -0.05) is 94.4 Å². The summed E-state index contributed by atoms with van der Waals surface area (Å²) in [6.07, 6.45) is 5.87. The second kappa shape index (κ2) is 12.8. The van der Waals surface area contributed by atoms with Gasteiger partial charge in [-0.2, -0.15) is 0 Å². The fourth-order valence-electron chi connectivity index (χ4n) is 4.73. The van der Waals surface area contributed by atoms with Gasteiger partial charge in [-0.15, -0.1) is 0 Å². The van der Waals surface area contributed by atoms with Gasteiger partial charge in [0.15, 0.2) is 6.61 Å². The molecule has 1 N–H and O–H groups in total. The van der Waals surface area contributed by atoms with Gasteiger partial charge in [-0.25, -0.2) is 0 Å². The Kier molecular flexibility index (Phi) is 10.1. The second-order valence-electron chi connectivity index (χ2n) is 10.6. The quantitative estimate of drug-likeness (QED) is 0.381. The van der Waals surface area contributed by atoms with E-state index >= 15 is 0 Å². The highest BCUT2D eigenvalue weighted by Gasteiger charge is 2.31. The number of rotatable bonds is 9. The maximum absolute atomic E-state index is 13.6. The first-order valence-corrected chi connectivity index (χ1v) is 13.6. The first kappa shape index (κ1) is 28.3. The Hall–Kier alpha value is -2.24. The van der Waals surface area contributed by atoms with Crippen molar-refractivity contribution in [3.05, 3.63) is 63.6 Å². The van der Waals surface area contributed by atoms with Crippen LogP contribution in [0, 0.1) is 0 Å². The van der Waals surface area contributed by atoms with Gasteiger partial charge in [0.2, 0.25) is 5.91 Å². The molecule has 1 atom stereocenters. The van der Waals surface area contributed by atoms with Crippen LogP contribution in [0.4, 0.5) is 0 Å². The highest BCUT2D eigenvalue weighted by atomic mass is 35.5.